The van der Waals surface area contributed by atoms with Crippen LogP contribution in [0.1, 0.15) is 15.9 Å². The Morgan fingerprint density at radius 2 is 1.90 bits per heavy atom. The Morgan fingerprint density at radius 1 is 1.24 bits per heavy atom. The molecule has 0 spiro atoms. The highest BCUT2D eigenvalue weighted by molar-refractivity contribution is 9.10. The summed E-state index contributed by atoms with van der Waals surface area (Å²) in [7, 11) is 0. The van der Waals surface area contributed by atoms with Crippen molar-refractivity contribution in [2.45, 2.75) is 6.61 Å². The topological polar surface area (TPSA) is 95.5 Å². The van der Waals surface area contributed by atoms with Gasteiger partial charge in [0.15, 0.2) is 0 Å². The number of nitrogens with zero attached hydrogens (tertiary/aromatic N) is 1. The molecule has 0 aromatic heterocycles. The predicted octanol–water partition coefficient (Wildman–Crippen LogP) is 3.04. The van der Waals surface area contributed by atoms with Crippen molar-refractivity contribution in [3.05, 3.63) is 68.2 Å². The fraction of sp³-hybridized carbons (Fsp3) is 0.0714. The molecule has 21 heavy (non-hydrogen) atoms. The van der Waals surface area contributed by atoms with E-state index in [0.29, 0.717) is 21.3 Å². The number of halogens is 1. The van der Waals surface area contributed by atoms with Crippen molar-refractivity contribution in [2.24, 2.45) is 5.73 Å². The van der Waals surface area contributed by atoms with Gasteiger partial charge in [-0.25, -0.2) is 0 Å². The van der Waals surface area contributed by atoms with Crippen LogP contribution < -0.4 is 10.5 Å². The van der Waals surface area contributed by atoms with Crippen LogP contribution in [0.4, 0.5) is 5.69 Å². The van der Waals surface area contributed by atoms with Gasteiger partial charge >= 0.3 is 0 Å². The monoisotopic (exact) mass is 350 g/mol. The van der Waals surface area contributed by atoms with Crippen molar-refractivity contribution in [2.75, 3.05) is 0 Å². The van der Waals surface area contributed by atoms with Gasteiger partial charge in [0.1, 0.15) is 16.8 Å². The Balaban J connectivity index is 2.11. The van der Waals surface area contributed by atoms with Gasteiger partial charge in [-0.05, 0) is 40.2 Å². The summed E-state index contributed by atoms with van der Waals surface area (Å²) >= 11 is 3.20. The van der Waals surface area contributed by atoms with E-state index in [9.17, 15) is 14.9 Å². The van der Waals surface area contributed by atoms with Crippen LogP contribution in [0.3, 0.4) is 0 Å². The number of nitro groups is 1. The Bertz CT molecular complexity index is 686. The zero-order chi connectivity index (χ0) is 15.4. The number of carbonyl (C=O) groups is 1. The first kappa shape index (κ1) is 15.0. The summed E-state index contributed by atoms with van der Waals surface area (Å²) < 4.78 is 5.93. The fourth-order valence-corrected chi connectivity index (χ4v) is 2.22. The maximum absolute atomic E-state index is 10.9. The van der Waals surface area contributed by atoms with Gasteiger partial charge in [0.05, 0.1) is 4.92 Å². The molecule has 108 valence electrons. The van der Waals surface area contributed by atoms with Crippen LogP contribution in [0.2, 0.25) is 0 Å². The second kappa shape index (κ2) is 6.36. The number of ether oxygens (including phenoxy) is 1. The molecule has 0 saturated heterocycles. The smallest absolute Gasteiger partial charge is 0.283 e. The molecule has 0 heterocycles. The minimum atomic E-state index is -0.511. The SMILES string of the molecule is NC(=O)c1ccc(OCc2cccc([N+](=O)[O-])c2Br)cc1. The summed E-state index contributed by atoms with van der Waals surface area (Å²) in [4.78, 5) is 21.3. The molecule has 0 aliphatic rings. The number of rotatable bonds is 5. The van der Waals surface area contributed by atoms with Crippen LogP contribution in [-0.4, -0.2) is 10.8 Å². The molecule has 7 heteroatoms. The van der Waals surface area contributed by atoms with Crippen molar-refractivity contribution < 1.29 is 14.5 Å². The van der Waals surface area contributed by atoms with E-state index in [2.05, 4.69) is 15.9 Å². The lowest BCUT2D eigenvalue weighted by Gasteiger charge is -2.08. The highest BCUT2D eigenvalue weighted by Gasteiger charge is 2.15. The Labute approximate surface area is 128 Å². The first-order chi connectivity index (χ1) is 9.99. The molecule has 6 nitrogen and oxygen atoms in total. The van der Waals surface area contributed by atoms with Gasteiger partial charge in [0.25, 0.3) is 5.69 Å². The third-order valence-corrected chi connectivity index (χ3v) is 3.70. The summed E-state index contributed by atoms with van der Waals surface area (Å²) in [5.74, 6) is 0.0291. The molecule has 0 saturated carbocycles. The summed E-state index contributed by atoms with van der Waals surface area (Å²) in [6, 6.07) is 11.1. The van der Waals surface area contributed by atoms with E-state index in [-0.39, 0.29) is 12.3 Å². The molecule has 0 bridgehead atoms. The number of nitrogens with two attached hydrogens (primary N) is 1. The molecular formula is C14H11BrN2O4. The van der Waals surface area contributed by atoms with Gasteiger partial charge in [-0.2, -0.15) is 0 Å². The third kappa shape index (κ3) is 3.57. The lowest BCUT2D eigenvalue weighted by atomic mass is 10.2. The van der Waals surface area contributed by atoms with Crippen molar-refractivity contribution in [3.63, 3.8) is 0 Å². The maximum atomic E-state index is 10.9. The quantitative estimate of drug-likeness (QED) is 0.662. The largest absolute Gasteiger partial charge is 0.489 e. The first-order valence-electron chi connectivity index (χ1n) is 5.93. The maximum Gasteiger partial charge on any atom is 0.283 e. The number of carbonyl (C=O) groups excluding carboxylic acids is 1. The summed E-state index contributed by atoms with van der Waals surface area (Å²) in [6.45, 7) is 0.165. The van der Waals surface area contributed by atoms with Crippen LogP contribution in [-0.2, 0) is 6.61 Å². The summed E-state index contributed by atoms with van der Waals surface area (Å²) in [5, 5.41) is 10.8. The van der Waals surface area contributed by atoms with E-state index in [1.807, 2.05) is 0 Å². The number of primary amides is 1. The zero-order valence-corrected chi connectivity index (χ0v) is 12.4. The summed E-state index contributed by atoms with van der Waals surface area (Å²) in [5.41, 5.74) is 6.17. The van der Waals surface area contributed by atoms with Crippen LogP contribution in [0.25, 0.3) is 0 Å². The molecule has 0 radical (unpaired) electrons. The Kier molecular flexibility index (Phi) is 4.54. The highest BCUT2D eigenvalue weighted by atomic mass is 79.9. The molecule has 0 unspecified atom stereocenters. The van der Waals surface area contributed by atoms with E-state index in [1.165, 1.54) is 6.07 Å². The van der Waals surface area contributed by atoms with Gasteiger partial charge < -0.3 is 10.5 Å². The van der Waals surface area contributed by atoms with Gasteiger partial charge in [0, 0.05) is 17.2 Å². The average molecular weight is 351 g/mol. The van der Waals surface area contributed by atoms with E-state index < -0.39 is 10.8 Å². The van der Waals surface area contributed by atoms with E-state index in [0.717, 1.165) is 0 Å². The third-order valence-electron chi connectivity index (χ3n) is 2.79. The minimum Gasteiger partial charge on any atom is -0.489 e. The molecule has 0 aliphatic carbocycles. The van der Waals surface area contributed by atoms with Crippen molar-refractivity contribution >= 4 is 27.5 Å². The van der Waals surface area contributed by atoms with Gasteiger partial charge in [-0.15, -0.1) is 0 Å². The second-order valence-corrected chi connectivity index (χ2v) is 4.98. The molecule has 2 aromatic rings. The Morgan fingerprint density at radius 3 is 2.48 bits per heavy atom. The number of benzene rings is 2. The molecule has 0 fully saturated rings. The van der Waals surface area contributed by atoms with Crippen LogP contribution in [0.15, 0.2) is 46.9 Å². The van der Waals surface area contributed by atoms with E-state index in [4.69, 9.17) is 10.5 Å². The van der Waals surface area contributed by atoms with Gasteiger partial charge in [-0.3, -0.25) is 14.9 Å². The zero-order valence-electron chi connectivity index (χ0n) is 10.8. The fourth-order valence-electron chi connectivity index (χ4n) is 1.70. The van der Waals surface area contributed by atoms with Gasteiger partial charge in [0.2, 0.25) is 5.91 Å². The second-order valence-electron chi connectivity index (χ2n) is 4.18. The molecule has 2 N–H and O–H groups in total. The van der Waals surface area contributed by atoms with Crippen molar-refractivity contribution in [3.8, 4) is 5.75 Å². The van der Waals surface area contributed by atoms with E-state index in [1.54, 1.807) is 36.4 Å². The lowest BCUT2D eigenvalue weighted by Crippen LogP contribution is -2.10. The standard InChI is InChI=1S/C14H11BrN2O4/c15-13-10(2-1-3-12(13)17(19)20)8-21-11-6-4-9(5-7-11)14(16)18/h1-7H,8H2,(H2,16,18). The van der Waals surface area contributed by atoms with Crippen molar-refractivity contribution in [1.29, 1.82) is 0 Å². The molecule has 2 aromatic carbocycles. The number of amides is 1. The lowest BCUT2D eigenvalue weighted by molar-refractivity contribution is -0.385. The molecule has 1 amide bonds. The van der Waals surface area contributed by atoms with Crippen molar-refractivity contribution in [1.82, 2.24) is 0 Å². The average Bonchev–Trinajstić information content (AvgIpc) is 2.46. The number of nitro benzene ring substituents is 1. The van der Waals surface area contributed by atoms with Crippen LogP contribution in [0, 0.1) is 10.1 Å². The molecular weight excluding hydrogens is 340 g/mol. The molecule has 2 rings (SSSR count). The molecule has 0 atom stereocenters. The number of hydrogen-bond donors (Lipinski definition) is 1. The van der Waals surface area contributed by atoms with E-state index >= 15 is 0 Å². The highest BCUT2D eigenvalue weighted by Crippen LogP contribution is 2.29. The minimum absolute atomic E-state index is 0.0137. The normalized spacial score (nSPS) is 10.1. The van der Waals surface area contributed by atoms with Gasteiger partial charge in [-0.1, -0.05) is 12.1 Å². The Hall–Kier alpha value is -2.41. The summed E-state index contributed by atoms with van der Waals surface area (Å²) in [6.07, 6.45) is 0. The molecule has 0 aliphatic heterocycles. The van der Waals surface area contributed by atoms with Crippen LogP contribution in [0.5, 0.6) is 5.75 Å². The van der Waals surface area contributed by atoms with Crippen LogP contribution >= 0.6 is 15.9 Å². The predicted molar refractivity (Wildman–Crippen MR) is 80.1 cm³/mol. The number of hydrogen-bond acceptors (Lipinski definition) is 4. The first-order valence-corrected chi connectivity index (χ1v) is 6.73.